The van der Waals surface area contributed by atoms with Crippen molar-refractivity contribution in [3.05, 3.63) is 29.8 Å². The number of hydrogen-bond acceptors (Lipinski definition) is 2. The van der Waals surface area contributed by atoms with Gasteiger partial charge in [0.15, 0.2) is 0 Å². The van der Waals surface area contributed by atoms with Gasteiger partial charge in [-0.05, 0) is 30.5 Å². The molecule has 1 rings (SSSR count). The predicted octanol–water partition coefficient (Wildman–Crippen LogP) is 9.84. The van der Waals surface area contributed by atoms with Crippen LogP contribution in [0.5, 0.6) is 5.75 Å². The Morgan fingerprint density at radius 2 is 1.00 bits per heavy atom. The maximum absolute atomic E-state index is 12.4. The van der Waals surface area contributed by atoms with E-state index in [0.717, 1.165) is 6.42 Å². The van der Waals surface area contributed by atoms with Crippen LogP contribution in [0.4, 0.5) is 4.20 Å². The fourth-order valence-electron chi connectivity index (χ4n) is 4.03. The van der Waals surface area contributed by atoms with Crippen LogP contribution in [0, 0.1) is 0 Å². The zero-order valence-electron chi connectivity index (χ0n) is 19.4. The van der Waals surface area contributed by atoms with Gasteiger partial charge in [-0.1, -0.05) is 128 Å². The summed E-state index contributed by atoms with van der Waals surface area (Å²) in [4.78, 5) is 8.62. The van der Waals surface area contributed by atoms with E-state index in [9.17, 15) is 4.20 Å². The van der Waals surface area contributed by atoms with Crippen molar-refractivity contribution in [3.63, 3.8) is 0 Å². The molecule has 0 saturated carbocycles. The van der Waals surface area contributed by atoms with Crippen molar-refractivity contribution in [2.45, 2.75) is 129 Å². The van der Waals surface area contributed by atoms with Gasteiger partial charge in [-0.25, -0.2) is 0 Å². The highest BCUT2D eigenvalue weighted by Crippen LogP contribution is 2.34. The molecule has 174 valence electrons. The largest absolute Gasteiger partial charge is 0.436 e. The van der Waals surface area contributed by atoms with E-state index in [1.54, 1.807) is 12.1 Å². The van der Waals surface area contributed by atoms with Gasteiger partial charge >= 0.3 is 8.69 Å². The number of rotatable bonds is 21. The van der Waals surface area contributed by atoms with Crippen molar-refractivity contribution in [1.29, 1.82) is 0 Å². The van der Waals surface area contributed by atoms with Gasteiger partial charge in [-0.2, -0.15) is 0 Å². The van der Waals surface area contributed by atoms with E-state index in [1.165, 1.54) is 121 Å². The molecule has 2 nitrogen and oxygen atoms in total. The first-order chi connectivity index (χ1) is 14.7. The van der Waals surface area contributed by atoms with E-state index in [4.69, 9.17) is 4.89 Å². The average Bonchev–Trinajstić information content (AvgIpc) is 2.73. The molecule has 0 aliphatic rings. The topological polar surface area (TPSA) is 29.5 Å². The summed E-state index contributed by atoms with van der Waals surface area (Å²) in [5, 5.41) is 0. The Bertz CT molecular complexity index is 478. The second-order valence-electron chi connectivity index (χ2n) is 8.72. The molecular weight excluding hydrogens is 394 g/mol. The normalized spacial score (nSPS) is 12.2. The molecule has 0 saturated heterocycles. The van der Waals surface area contributed by atoms with Gasteiger partial charge in [0.05, 0.1) is 0 Å². The van der Waals surface area contributed by atoms with E-state index in [-0.39, 0.29) is 0 Å². The van der Waals surface area contributed by atoms with Crippen molar-refractivity contribution in [1.82, 2.24) is 0 Å². The highest BCUT2D eigenvalue weighted by atomic mass is 31.2. The average molecular weight is 441 g/mol. The van der Waals surface area contributed by atoms with E-state index in [1.807, 2.05) is 12.1 Å². The number of benzene rings is 1. The summed E-state index contributed by atoms with van der Waals surface area (Å²) in [5.74, 6) is 0.396. The summed E-state index contributed by atoms with van der Waals surface area (Å²) in [7, 11) is -2.82. The molecule has 0 heterocycles. The molecule has 0 aliphatic carbocycles. The Hall–Kier alpha value is -0.660. The predicted molar refractivity (Wildman–Crippen MR) is 130 cm³/mol. The Labute approximate surface area is 187 Å². The first-order valence-corrected chi connectivity index (χ1v) is 13.7. The van der Waals surface area contributed by atoms with E-state index >= 15 is 0 Å². The van der Waals surface area contributed by atoms with Crippen LogP contribution >= 0.6 is 8.69 Å². The molecule has 1 unspecified atom stereocenters. The Kier molecular flexibility index (Phi) is 18.5. The Morgan fingerprint density at radius 1 is 0.633 bits per heavy atom. The van der Waals surface area contributed by atoms with E-state index in [0.29, 0.717) is 5.75 Å². The summed E-state index contributed by atoms with van der Waals surface area (Å²) in [5.41, 5.74) is 1.25. The van der Waals surface area contributed by atoms with Crippen LogP contribution < -0.4 is 4.52 Å². The lowest BCUT2D eigenvalue weighted by Crippen LogP contribution is -1.88. The van der Waals surface area contributed by atoms with Gasteiger partial charge < -0.3 is 9.42 Å². The summed E-state index contributed by atoms with van der Waals surface area (Å²) in [6.45, 7) is 2.28. The highest BCUT2D eigenvalue weighted by molar-refractivity contribution is 7.40. The van der Waals surface area contributed by atoms with Crippen molar-refractivity contribution in [3.8, 4) is 5.75 Å². The number of halogens is 1. The fraction of sp³-hybridized carbons (Fsp3) is 0.769. The molecule has 0 bridgehead atoms. The minimum absolute atomic E-state index is 0.396. The van der Waals surface area contributed by atoms with Gasteiger partial charge in [0.25, 0.3) is 0 Å². The minimum Gasteiger partial charge on any atom is -0.424 e. The molecule has 4 heteroatoms. The standard InChI is InChI=1S/C26H46FO2P/c1-2-3-4-5-6-7-8-9-10-11-12-13-14-15-16-17-18-19-20-25-21-23-26(24-22-25)29-30(27)28/h21-24,28H,2-20H2,1H3. The molecule has 0 aromatic heterocycles. The van der Waals surface area contributed by atoms with Gasteiger partial charge in [0, 0.05) is 0 Å². The third-order valence-corrected chi connectivity index (χ3v) is 6.28. The number of unbranched alkanes of at least 4 members (excludes halogenated alkanes) is 17. The third-order valence-electron chi connectivity index (χ3n) is 5.92. The van der Waals surface area contributed by atoms with Gasteiger partial charge in [0.1, 0.15) is 5.75 Å². The minimum atomic E-state index is -2.82. The van der Waals surface area contributed by atoms with E-state index in [2.05, 4.69) is 11.4 Å². The first kappa shape index (κ1) is 27.4. The molecule has 0 fully saturated rings. The highest BCUT2D eigenvalue weighted by Gasteiger charge is 2.04. The van der Waals surface area contributed by atoms with Crippen molar-refractivity contribution in [2.75, 3.05) is 0 Å². The lowest BCUT2D eigenvalue weighted by Gasteiger charge is -2.06. The van der Waals surface area contributed by atoms with Crippen molar-refractivity contribution >= 4 is 8.69 Å². The molecular formula is C26H46FO2P. The molecule has 0 aliphatic heterocycles. The lowest BCUT2D eigenvalue weighted by molar-refractivity contribution is 0.434. The SMILES string of the molecule is CCCCCCCCCCCCCCCCCCCCc1ccc(OP(O)F)cc1. The maximum atomic E-state index is 12.4. The Balaban J connectivity index is 1.78. The zero-order chi connectivity index (χ0) is 21.7. The molecule has 30 heavy (non-hydrogen) atoms. The molecule has 0 radical (unpaired) electrons. The Morgan fingerprint density at radius 3 is 1.37 bits per heavy atom. The van der Waals surface area contributed by atoms with Crippen LogP contribution in [-0.2, 0) is 6.42 Å². The molecule has 1 aromatic carbocycles. The molecule has 1 aromatic rings. The summed E-state index contributed by atoms with van der Waals surface area (Å²) >= 11 is 0. The lowest BCUT2D eigenvalue weighted by atomic mass is 10.0. The second-order valence-corrected chi connectivity index (χ2v) is 9.36. The smallest absolute Gasteiger partial charge is 0.424 e. The number of hydrogen-bond donors (Lipinski definition) is 1. The van der Waals surface area contributed by atoms with E-state index < -0.39 is 8.69 Å². The molecule has 1 N–H and O–H groups in total. The van der Waals surface area contributed by atoms with Gasteiger partial charge in [0.2, 0.25) is 0 Å². The van der Waals surface area contributed by atoms with Gasteiger partial charge in [-0.3, -0.25) is 0 Å². The third kappa shape index (κ3) is 17.1. The fourth-order valence-corrected chi connectivity index (χ4v) is 4.33. The van der Waals surface area contributed by atoms with Crippen molar-refractivity contribution in [2.24, 2.45) is 0 Å². The van der Waals surface area contributed by atoms with Crippen LogP contribution in [-0.4, -0.2) is 4.89 Å². The summed E-state index contributed by atoms with van der Waals surface area (Å²) in [6.07, 6.45) is 26.2. The quantitative estimate of drug-likeness (QED) is 0.152. The molecule has 0 amide bonds. The van der Waals surface area contributed by atoms with Crippen LogP contribution in [0.2, 0.25) is 0 Å². The number of aryl methyl sites for hydroxylation is 1. The second kappa shape index (κ2) is 20.3. The monoisotopic (exact) mass is 440 g/mol. The van der Waals surface area contributed by atoms with Crippen LogP contribution in [0.25, 0.3) is 0 Å². The van der Waals surface area contributed by atoms with Gasteiger partial charge in [-0.15, -0.1) is 4.20 Å². The first-order valence-electron chi connectivity index (χ1n) is 12.6. The van der Waals surface area contributed by atoms with Crippen LogP contribution in [0.15, 0.2) is 24.3 Å². The van der Waals surface area contributed by atoms with Crippen molar-refractivity contribution < 1.29 is 13.6 Å². The summed E-state index contributed by atoms with van der Waals surface area (Å²) in [6, 6.07) is 7.38. The molecule has 0 spiro atoms. The molecule has 1 atom stereocenters. The summed E-state index contributed by atoms with van der Waals surface area (Å²) < 4.78 is 17.1. The van der Waals surface area contributed by atoms with Crippen LogP contribution in [0.1, 0.15) is 128 Å². The maximum Gasteiger partial charge on any atom is 0.436 e. The van der Waals surface area contributed by atoms with Crippen LogP contribution in [0.3, 0.4) is 0 Å². The zero-order valence-corrected chi connectivity index (χ0v) is 20.3.